The van der Waals surface area contributed by atoms with Crippen molar-refractivity contribution in [1.82, 2.24) is 4.90 Å². The van der Waals surface area contributed by atoms with Crippen LogP contribution < -0.4 is 9.47 Å². The van der Waals surface area contributed by atoms with Crippen LogP contribution in [0.15, 0.2) is 23.8 Å². The fraction of sp³-hybridized carbons (Fsp3) is 0.579. The monoisotopic (exact) mass is 313 g/mol. The van der Waals surface area contributed by atoms with E-state index in [9.17, 15) is 0 Å². The van der Waals surface area contributed by atoms with Gasteiger partial charge < -0.3 is 14.2 Å². The third kappa shape index (κ3) is 1.79. The highest BCUT2D eigenvalue weighted by atomic mass is 16.7. The molecule has 0 aromatic heterocycles. The highest BCUT2D eigenvalue weighted by Crippen LogP contribution is 2.54. The number of hydrogen-bond donors (Lipinski definition) is 0. The average molecular weight is 313 g/mol. The van der Waals surface area contributed by atoms with E-state index in [0.717, 1.165) is 43.9 Å². The number of ether oxygens (including phenoxy) is 3. The Morgan fingerprint density at radius 1 is 1.22 bits per heavy atom. The molecule has 0 radical (unpaired) electrons. The van der Waals surface area contributed by atoms with Gasteiger partial charge >= 0.3 is 0 Å². The number of fused-ring (bicyclic) bond motifs is 3. The molecule has 1 aromatic rings. The molecule has 4 nitrogen and oxygen atoms in total. The van der Waals surface area contributed by atoms with Crippen molar-refractivity contribution in [3.05, 3.63) is 34.9 Å². The standard InChI is InChI=1S/C19H23NO3/c1-21-14-5-4-13-8-10-20-9-2-3-15-16(19(13,20)11-14)6-7-17-18(15)23-12-22-17/h4,6-7,14H,2-3,5,8-12H2,1H3. The Balaban J connectivity index is 1.74. The first-order valence-electron chi connectivity index (χ1n) is 8.72. The number of methoxy groups -OCH3 is 1. The van der Waals surface area contributed by atoms with Crippen LogP contribution in [0.3, 0.4) is 0 Å². The van der Waals surface area contributed by atoms with Gasteiger partial charge in [-0.3, -0.25) is 4.90 Å². The van der Waals surface area contributed by atoms with E-state index in [0.29, 0.717) is 12.9 Å². The summed E-state index contributed by atoms with van der Waals surface area (Å²) in [6, 6.07) is 4.39. The lowest BCUT2D eigenvalue weighted by Crippen LogP contribution is -2.46. The van der Waals surface area contributed by atoms with Gasteiger partial charge in [0.25, 0.3) is 0 Å². The van der Waals surface area contributed by atoms with Crippen LogP contribution in [-0.2, 0) is 16.7 Å². The van der Waals surface area contributed by atoms with E-state index in [1.165, 1.54) is 24.0 Å². The highest BCUT2D eigenvalue weighted by Gasteiger charge is 2.51. The van der Waals surface area contributed by atoms with Crippen molar-refractivity contribution in [3.63, 3.8) is 0 Å². The normalized spacial score (nSPS) is 31.9. The lowest BCUT2D eigenvalue weighted by molar-refractivity contribution is 0.0347. The molecule has 2 atom stereocenters. The van der Waals surface area contributed by atoms with Crippen LogP contribution >= 0.6 is 0 Å². The van der Waals surface area contributed by atoms with Crippen molar-refractivity contribution in [2.45, 2.75) is 43.7 Å². The van der Waals surface area contributed by atoms with E-state index in [2.05, 4.69) is 23.1 Å². The maximum atomic E-state index is 5.84. The lowest BCUT2D eigenvalue weighted by atomic mass is 9.73. The molecule has 1 fully saturated rings. The Morgan fingerprint density at radius 2 is 2.17 bits per heavy atom. The minimum Gasteiger partial charge on any atom is -0.454 e. The van der Waals surface area contributed by atoms with Crippen LogP contribution in [0.5, 0.6) is 11.5 Å². The summed E-state index contributed by atoms with van der Waals surface area (Å²) in [6.45, 7) is 2.67. The zero-order chi connectivity index (χ0) is 15.4. The molecule has 23 heavy (non-hydrogen) atoms. The minimum atomic E-state index is 0.0196. The van der Waals surface area contributed by atoms with E-state index >= 15 is 0 Å². The minimum absolute atomic E-state index is 0.0196. The molecule has 1 aromatic carbocycles. The molecule has 4 heteroatoms. The Hall–Kier alpha value is -1.52. The molecule has 2 unspecified atom stereocenters. The topological polar surface area (TPSA) is 30.9 Å². The van der Waals surface area contributed by atoms with Crippen molar-refractivity contribution >= 4 is 0 Å². The number of benzene rings is 1. The average Bonchev–Trinajstić information content (AvgIpc) is 3.16. The first-order valence-corrected chi connectivity index (χ1v) is 8.72. The van der Waals surface area contributed by atoms with Crippen molar-refractivity contribution in [1.29, 1.82) is 0 Å². The summed E-state index contributed by atoms with van der Waals surface area (Å²) in [4.78, 5) is 2.69. The summed E-state index contributed by atoms with van der Waals surface area (Å²) >= 11 is 0. The van der Waals surface area contributed by atoms with Gasteiger partial charge in [-0.2, -0.15) is 0 Å². The number of nitrogens with zero attached hydrogens (tertiary/aromatic N) is 1. The second-order valence-electron chi connectivity index (χ2n) is 7.05. The molecule has 122 valence electrons. The first kappa shape index (κ1) is 13.9. The van der Waals surface area contributed by atoms with E-state index in [-0.39, 0.29) is 5.54 Å². The zero-order valence-electron chi connectivity index (χ0n) is 13.6. The summed E-state index contributed by atoms with van der Waals surface area (Å²) in [5, 5.41) is 0. The molecule has 0 bridgehead atoms. The van der Waals surface area contributed by atoms with E-state index in [4.69, 9.17) is 14.2 Å². The largest absolute Gasteiger partial charge is 0.454 e. The van der Waals surface area contributed by atoms with Crippen LogP contribution in [-0.4, -0.2) is 38.0 Å². The van der Waals surface area contributed by atoms with Crippen LogP contribution in [0.25, 0.3) is 0 Å². The third-order valence-corrected chi connectivity index (χ3v) is 6.15. The summed E-state index contributed by atoms with van der Waals surface area (Å²) in [5.41, 5.74) is 4.41. The van der Waals surface area contributed by atoms with Crippen molar-refractivity contribution in [2.24, 2.45) is 0 Å². The van der Waals surface area contributed by atoms with Gasteiger partial charge in [-0.15, -0.1) is 0 Å². The van der Waals surface area contributed by atoms with Gasteiger partial charge in [0.1, 0.15) is 0 Å². The summed E-state index contributed by atoms with van der Waals surface area (Å²) in [6.07, 6.45) is 8.28. The smallest absolute Gasteiger partial charge is 0.231 e. The molecule has 5 rings (SSSR count). The molecule has 3 heterocycles. The number of hydrogen-bond acceptors (Lipinski definition) is 4. The second kappa shape index (κ2) is 4.99. The fourth-order valence-corrected chi connectivity index (χ4v) is 5.12. The van der Waals surface area contributed by atoms with Gasteiger partial charge in [0.15, 0.2) is 11.5 Å². The van der Waals surface area contributed by atoms with Gasteiger partial charge in [0, 0.05) is 25.6 Å². The highest BCUT2D eigenvalue weighted by molar-refractivity contribution is 5.57. The molecule has 0 amide bonds. The molecular weight excluding hydrogens is 290 g/mol. The van der Waals surface area contributed by atoms with E-state index in [1.54, 1.807) is 5.57 Å². The molecule has 0 saturated carbocycles. The first-order chi connectivity index (χ1) is 11.3. The second-order valence-corrected chi connectivity index (χ2v) is 7.05. The SMILES string of the molecule is COC1CC=C2CCN3CCCc4c(ccc5c4OCO5)C23C1. The fourth-order valence-electron chi connectivity index (χ4n) is 5.12. The predicted molar refractivity (Wildman–Crippen MR) is 86.9 cm³/mol. The Labute approximate surface area is 137 Å². The van der Waals surface area contributed by atoms with Gasteiger partial charge in [-0.05, 0) is 49.4 Å². The quantitative estimate of drug-likeness (QED) is 0.746. The van der Waals surface area contributed by atoms with Crippen molar-refractivity contribution < 1.29 is 14.2 Å². The Bertz CT molecular complexity index is 683. The molecule has 1 aliphatic carbocycles. The summed E-state index contributed by atoms with van der Waals surface area (Å²) in [5.74, 6) is 1.90. The van der Waals surface area contributed by atoms with Crippen LogP contribution in [0.4, 0.5) is 0 Å². The Morgan fingerprint density at radius 3 is 3.09 bits per heavy atom. The summed E-state index contributed by atoms with van der Waals surface area (Å²) in [7, 11) is 1.84. The lowest BCUT2D eigenvalue weighted by Gasteiger charge is -2.44. The maximum absolute atomic E-state index is 5.84. The van der Waals surface area contributed by atoms with Crippen LogP contribution in [0, 0.1) is 0 Å². The molecule has 4 aliphatic rings. The summed E-state index contributed by atoms with van der Waals surface area (Å²) < 4.78 is 17.2. The van der Waals surface area contributed by atoms with Gasteiger partial charge in [-0.25, -0.2) is 0 Å². The molecular formula is C19H23NO3. The Kier molecular flexibility index (Phi) is 3.01. The predicted octanol–water partition coefficient (Wildman–Crippen LogP) is 3.00. The molecule has 1 spiro atoms. The molecule has 0 N–H and O–H groups in total. The van der Waals surface area contributed by atoms with Gasteiger partial charge in [0.05, 0.1) is 11.6 Å². The van der Waals surface area contributed by atoms with Gasteiger partial charge in [-0.1, -0.05) is 12.1 Å². The van der Waals surface area contributed by atoms with E-state index in [1.807, 2.05) is 7.11 Å². The third-order valence-electron chi connectivity index (χ3n) is 6.15. The molecule has 3 aliphatic heterocycles. The van der Waals surface area contributed by atoms with Gasteiger partial charge in [0.2, 0.25) is 6.79 Å². The maximum Gasteiger partial charge on any atom is 0.231 e. The van der Waals surface area contributed by atoms with Crippen LogP contribution in [0.2, 0.25) is 0 Å². The van der Waals surface area contributed by atoms with E-state index < -0.39 is 0 Å². The van der Waals surface area contributed by atoms with Crippen molar-refractivity contribution in [3.8, 4) is 11.5 Å². The van der Waals surface area contributed by atoms with Crippen LogP contribution in [0.1, 0.15) is 36.8 Å². The number of rotatable bonds is 1. The zero-order valence-corrected chi connectivity index (χ0v) is 13.6. The molecule has 1 saturated heterocycles. The van der Waals surface area contributed by atoms with Crippen molar-refractivity contribution in [2.75, 3.05) is 27.0 Å².